The first-order chi connectivity index (χ1) is 10.2. The fraction of sp³-hybridized carbons (Fsp3) is 0.562. The monoisotopic (exact) mass is 327 g/mol. The molecule has 6 heteroatoms. The van der Waals surface area contributed by atoms with E-state index in [0.717, 1.165) is 37.4 Å². The van der Waals surface area contributed by atoms with Crippen molar-refractivity contribution in [2.75, 3.05) is 19.6 Å². The highest BCUT2D eigenvalue weighted by Gasteiger charge is 2.20. The number of ketones is 1. The first kappa shape index (κ1) is 18.8. The van der Waals surface area contributed by atoms with Crippen LogP contribution < -0.4 is 4.90 Å². The van der Waals surface area contributed by atoms with E-state index in [4.69, 9.17) is 0 Å². The van der Waals surface area contributed by atoms with E-state index in [1.54, 1.807) is 12.1 Å². The number of carbonyl (C=O) groups excluding carboxylic acids is 1. The second-order valence-electron chi connectivity index (χ2n) is 6.18. The highest BCUT2D eigenvalue weighted by Crippen LogP contribution is 2.08. The third-order valence-electron chi connectivity index (χ3n) is 3.44. The summed E-state index contributed by atoms with van der Waals surface area (Å²) in [5.41, 5.74) is 0.928. The van der Waals surface area contributed by atoms with Gasteiger partial charge in [-0.05, 0) is 19.1 Å². The van der Waals surface area contributed by atoms with Crippen LogP contribution in [0.4, 0.5) is 0 Å². The van der Waals surface area contributed by atoms with Gasteiger partial charge in [0.1, 0.15) is 16.7 Å². The molecule has 0 amide bonds. The van der Waals surface area contributed by atoms with Crippen LogP contribution in [0.1, 0.15) is 32.3 Å². The molecular weight excluding hydrogens is 302 g/mol. The molecular formula is C16H25NO4S. The van der Waals surface area contributed by atoms with Crippen LogP contribution in [0.2, 0.25) is 0 Å². The molecule has 1 aromatic carbocycles. The highest BCUT2D eigenvalue weighted by atomic mass is 32.2. The largest absolute Gasteiger partial charge is 0.744 e. The van der Waals surface area contributed by atoms with Gasteiger partial charge in [-0.25, -0.2) is 8.42 Å². The smallest absolute Gasteiger partial charge is 0.187 e. The molecule has 1 atom stereocenters. The van der Waals surface area contributed by atoms with Crippen LogP contribution in [0.25, 0.3) is 0 Å². The quantitative estimate of drug-likeness (QED) is 0.833. The van der Waals surface area contributed by atoms with E-state index in [0.29, 0.717) is 5.78 Å². The fourth-order valence-electron chi connectivity index (χ4n) is 2.45. The summed E-state index contributed by atoms with van der Waals surface area (Å²) in [7, 11) is -4.27. The number of carbonyl (C=O) groups is 1. The van der Waals surface area contributed by atoms with Crippen molar-refractivity contribution in [3.63, 3.8) is 0 Å². The van der Waals surface area contributed by atoms with Crippen LogP contribution in [0.15, 0.2) is 29.2 Å². The third-order valence-corrected chi connectivity index (χ3v) is 4.29. The van der Waals surface area contributed by atoms with Crippen LogP contribution >= 0.6 is 0 Å². The molecule has 1 fully saturated rings. The number of nitrogens with one attached hydrogen (secondary N) is 1. The molecule has 1 saturated heterocycles. The SMILES string of the molecule is CC(C)C[NH+]1CCCC(=O)C1.Cc1ccc(S(=O)(=O)[O-])cc1. The fourth-order valence-corrected chi connectivity index (χ4v) is 2.92. The Balaban J connectivity index is 0.000000220. The van der Waals surface area contributed by atoms with E-state index in [9.17, 15) is 17.8 Å². The van der Waals surface area contributed by atoms with E-state index in [-0.39, 0.29) is 4.90 Å². The average molecular weight is 327 g/mol. The molecule has 0 spiro atoms. The Morgan fingerprint density at radius 1 is 1.23 bits per heavy atom. The molecule has 0 saturated carbocycles. The third kappa shape index (κ3) is 7.15. The predicted octanol–water partition coefficient (Wildman–Crippen LogP) is 0.789. The van der Waals surface area contributed by atoms with Crippen molar-refractivity contribution in [2.24, 2.45) is 5.92 Å². The van der Waals surface area contributed by atoms with Crippen LogP contribution in [-0.2, 0) is 14.9 Å². The van der Waals surface area contributed by atoms with E-state index >= 15 is 0 Å². The Hall–Kier alpha value is -1.24. The summed E-state index contributed by atoms with van der Waals surface area (Å²) in [6, 6.07) is 5.78. The minimum absolute atomic E-state index is 0.178. The molecule has 1 N–H and O–H groups in total. The molecule has 1 aliphatic rings. The summed E-state index contributed by atoms with van der Waals surface area (Å²) >= 11 is 0. The van der Waals surface area contributed by atoms with Crippen LogP contribution in [0.3, 0.4) is 0 Å². The maximum Gasteiger partial charge on any atom is 0.187 e. The normalized spacial score (nSPS) is 18.8. The predicted molar refractivity (Wildman–Crippen MR) is 83.8 cm³/mol. The molecule has 22 heavy (non-hydrogen) atoms. The number of hydrogen-bond acceptors (Lipinski definition) is 4. The maximum absolute atomic E-state index is 11.0. The molecule has 0 aromatic heterocycles. The minimum atomic E-state index is -4.27. The highest BCUT2D eigenvalue weighted by molar-refractivity contribution is 7.85. The Morgan fingerprint density at radius 2 is 1.82 bits per heavy atom. The summed E-state index contributed by atoms with van der Waals surface area (Å²) in [5.74, 6) is 1.17. The maximum atomic E-state index is 11.0. The first-order valence-corrected chi connectivity index (χ1v) is 8.97. The summed E-state index contributed by atoms with van der Waals surface area (Å²) in [5, 5.41) is 0. The first-order valence-electron chi connectivity index (χ1n) is 7.56. The lowest BCUT2D eigenvalue weighted by Crippen LogP contribution is -3.14. The molecule has 0 aliphatic carbocycles. The molecule has 0 radical (unpaired) electrons. The number of hydrogen-bond donors (Lipinski definition) is 1. The molecule has 0 bridgehead atoms. The van der Waals surface area contributed by atoms with E-state index in [1.165, 1.54) is 23.6 Å². The number of rotatable bonds is 3. The molecule has 1 aromatic rings. The van der Waals surface area contributed by atoms with Crippen molar-refractivity contribution >= 4 is 15.9 Å². The van der Waals surface area contributed by atoms with Gasteiger partial charge in [-0.2, -0.15) is 0 Å². The Bertz CT molecular complexity index is 579. The topological polar surface area (TPSA) is 78.7 Å². The number of aryl methyl sites for hydroxylation is 1. The summed E-state index contributed by atoms with van der Waals surface area (Å²) in [4.78, 5) is 12.3. The van der Waals surface area contributed by atoms with Gasteiger partial charge in [0.05, 0.1) is 18.0 Å². The molecule has 2 rings (SSSR count). The van der Waals surface area contributed by atoms with Gasteiger partial charge in [0, 0.05) is 18.8 Å². The van der Waals surface area contributed by atoms with E-state index in [2.05, 4.69) is 13.8 Å². The van der Waals surface area contributed by atoms with Gasteiger partial charge in [-0.1, -0.05) is 31.5 Å². The number of Topliss-reactive ketones (excluding diaryl/α,β-unsaturated/α-hetero) is 1. The lowest BCUT2D eigenvalue weighted by atomic mass is 10.1. The Morgan fingerprint density at radius 3 is 2.27 bits per heavy atom. The molecule has 1 aliphatic heterocycles. The second-order valence-corrected chi connectivity index (χ2v) is 7.56. The van der Waals surface area contributed by atoms with E-state index < -0.39 is 10.1 Å². The summed E-state index contributed by atoms with van der Waals surface area (Å²) in [6.45, 7) is 9.38. The van der Waals surface area contributed by atoms with Crippen molar-refractivity contribution in [3.8, 4) is 0 Å². The van der Waals surface area contributed by atoms with Crippen molar-refractivity contribution in [2.45, 2.75) is 38.5 Å². The van der Waals surface area contributed by atoms with E-state index in [1.807, 2.05) is 6.92 Å². The van der Waals surface area contributed by atoms with Crippen molar-refractivity contribution in [1.82, 2.24) is 0 Å². The van der Waals surface area contributed by atoms with Gasteiger partial charge in [0.2, 0.25) is 0 Å². The Labute approximate surface area is 133 Å². The van der Waals surface area contributed by atoms with Gasteiger partial charge in [0.25, 0.3) is 0 Å². The molecule has 1 unspecified atom stereocenters. The summed E-state index contributed by atoms with van der Waals surface area (Å²) < 4.78 is 31.2. The zero-order valence-corrected chi connectivity index (χ0v) is 14.3. The van der Waals surface area contributed by atoms with Crippen LogP contribution in [0.5, 0.6) is 0 Å². The summed E-state index contributed by atoms with van der Waals surface area (Å²) in [6.07, 6.45) is 1.92. The number of piperidine rings is 1. The van der Waals surface area contributed by atoms with Crippen molar-refractivity contribution in [1.29, 1.82) is 0 Å². The average Bonchev–Trinajstić information content (AvgIpc) is 2.38. The zero-order valence-electron chi connectivity index (χ0n) is 13.5. The van der Waals surface area contributed by atoms with Gasteiger partial charge in [0.15, 0.2) is 5.78 Å². The van der Waals surface area contributed by atoms with Crippen molar-refractivity contribution < 1.29 is 22.7 Å². The minimum Gasteiger partial charge on any atom is -0.744 e. The number of likely N-dealkylation sites (tertiary alicyclic amines) is 1. The number of quaternary nitrogens is 1. The molecule has 5 nitrogen and oxygen atoms in total. The van der Waals surface area contributed by atoms with Gasteiger partial charge in [-0.15, -0.1) is 0 Å². The van der Waals surface area contributed by atoms with Gasteiger partial charge in [-0.3, -0.25) is 4.79 Å². The second kappa shape index (κ2) is 8.41. The van der Waals surface area contributed by atoms with Crippen LogP contribution in [0, 0.1) is 12.8 Å². The lowest BCUT2D eigenvalue weighted by Gasteiger charge is -2.23. The standard InChI is InChI=1S/C9H17NO.C7H8O3S/c1-8(2)6-10-5-3-4-9(11)7-10;1-6-2-4-7(5-3-6)11(8,9)10/h8H,3-7H2,1-2H3;2-5H,1H3,(H,8,9,10). The van der Waals surface area contributed by atoms with Crippen molar-refractivity contribution in [3.05, 3.63) is 29.8 Å². The van der Waals surface area contributed by atoms with Crippen LogP contribution in [-0.4, -0.2) is 38.4 Å². The zero-order chi connectivity index (χ0) is 16.8. The molecule has 1 heterocycles. The lowest BCUT2D eigenvalue weighted by molar-refractivity contribution is -0.897. The van der Waals surface area contributed by atoms with Gasteiger partial charge >= 0.3 is 0 Å². The number of benzene rings is 1. The van der Waals surface area contributed by atoms with Gasteiger partial charge < -0.3 is 9.45 Å². The molecule has 124 valence electrons. The Kier molecular flexibility index (Phi) is 7.19.